The van der Waals surface area contributed by atoms with Crippen molar-refractivity contribution in [2.24, 2.45) is 0 Å². The van der Waals surface area contributed by atoms with Crippen LogP contribution in [0.15, 0.2) is 58.3 Å². The lowest BCUT2D eigenvalue weighted by atomic mass is 9.92. The van der Waals surface area contributed by atoms with Crippen molar-refractivity contribution in [2.75, 3.05) is 0 Å². The molecule has 2 N–H and O–H groups in total. The first-order valence-electron chi connectivity index (χ1n) is 8.73. The Hall–Kier alpha value is -1.16. The molecule has 1 fully saturated rings. The standard InChI is InChI=1S/C18H20Cl2N2O4S2/c19-13-5-9-15(10-6-13)27(23,24)21-17-3-1-2-4-18(17)22-28(25,26)16-11-7-14(20)8-12-16/h5-12,17-18,21-22H,1-4H2/t17-,18-/m1/s1. The van der Waals surface area contributed by atoms with Gasteiger partial charge in [0.1, 0.15) is 0 Å². The molecule has 3 rings (SSSR count). The van der Waals surface area contributed by atoms with Crippen LogP contribution < -0.4 is 9.44 Å². The van der Waals surface area contributed by atoms with Crippen molar-refractivity contribution in [3.63, 3.8) is 0 Å². The predicted octanol–water partition coefficient (Wildman–Crippen LogP) is 3.56. The van der Waals surface area contributed by atoms with Gasteiger partial charge < -0.3 is 0 Å². The van der Waals surface area contributed by atoms with E-state index in [0.717, 1.165) is 12.8 Å². The number of rotatable bonds is 6. The topological polar surface area (TPSA) is 92.3 Å². The molecular weight excluding hydrogens is 443 g/mol. The molecule has 28 heavy (non-hydrogen) atoms. The zero-order valence-corrected chi connectivity index (χ0v) is 18.0. The van der Waals surface area contributed by atoms with Crippen molar-refractivity contribution in [3.8, 4) is 0 Å². The highest BCUT2D eigenvalue weighted by atomic mass is 35.5. The summed E-state index contributed by atoms with van der Waals surface area (Å²) in [6.07, 6.45) is 2.71. The van der Waals surface area contributed by atoms with E-state index in [9.17, 15) is 16.8 Å². The molecule has 6 nitrogen and oxygen atoms in total. The number of benzene rings is 2. The van der Waals surface area contributed by atoms with Gasteiger partial charge in [0.15, 0.2) is 0 Å². The average molecular weight is 463 g/mol. The monoisotopic (exact) mass is 462 g/mol. The molecule has 0 radical (unpaired) electrons. The Balaban J connectivity index is 1.78. The summed E-state index contributed by atoms with van der Waals surface area (Å²) in [5.41, 5.74) is 0. The minimum atomic E-state index is -3.80. The molecule has 0 amide bonds. The summed E-state index contributed by atoms with van der Waals surface area (Å²) in [6.45, 7) is 0. The van der Waals surface area contributed by atoms with E-state index >= 15 is 0 Å². The second kappa shape index (κ2) is 8.69. The van der Waals surface area contributed by atoms with Crippen LogP contribution in [0.25, 0.3) is 0 Å². The van der Waals surface area contributed by atoms with E-state index in [0.29, 0.717) is 22.9 Å². The smallest absolute Gasteiger partial charge is 0.207 e. The molecule has 152 valence electrons. The van der Waals surface area contributed by atoms with Gasteiger partial charge in [0.2, 0.25) is 20.0 Å². The molecule has 0 aliphatic heterocycles. The SMILES string of the molecule is O=S(=O)(N[C@@H]1CCCC[C@H]1NS(=O)(=O)c1ccc(Cl)cc1)c1ccc(Cl)cc1. The van der Waals surface area contributed by atoms with Crippen molar-refractivity contribution < 1.29 is 16.8 Å². The normalized spacial score (nSPS) is 20.8. The molecule has 2 aromatic carbocycles. The van der Waals surface area contributed by atoms with E-state index in [1.165, 1.54) is 48.5 Å². The van der Waals surface area contributed by atoms with Gasteiger partial charge in [-0.15, -0.1) is 0 Å². The summed E-state index contributed by atoms with van der Waals surface area (Å²) in [4.78, 5) is 0.170. The molecule has 2 atom stereocenters. The Morgan fingerprint density at radius 2 is 0.964 bits per heavy atom. The molecule has 0 spiro atoms. The van der Waals surface area contributed by atoms with Crippen molar-refractivity contribution in [3.05, 3.63) is 58.6 Å². The fraction of sp³-hybridized carbons (Fsp3) is 0.333. The highest BCUT2D eigenvalue weighted by Crippen LogP contribution is 2.24. The van der Waals surface area contributed by atoms with Crippen LogP contribution in [0.1, 0.15) is 25.7 Å². The van der Waals surface area contributed by atoms with Crippen molar-refractivity contribution in [1.82, 2.24) is 9.44 Å². The van der Waals surface area contributed by atoms with Gasteiger partial charge in [-0.2, -0.15) is 0 Å². The number of hydrogen-bond donors (Lipinski definition) is 2. The van der Waals surface area contributed by atoms with E-state index < -0.39 is 32.1 Å². The summed E-state index contributed by atoms with van der Waals surface area (Å²) in [7, 11) is -7.59. The van der Waals surface area contributed by atoms with Gasteiger partial charge in [-0.05, 0) is 61.4 Å². The van der Waals surface area contributed by atoms with Crippen LogP contribution in [0.2, 0.25) is 10.0 Å². The summed E-state index contributed by atoms with van der Waals surface area (Å²) >= 11 is 11.6. The van der Waals surface area contributed by atoms with Gasteiger partial charge in [0, 0.05) is 22.1 Å². The quantitative estimate of drug-likeness (QED) is 0.685. The van der Waals surface area contributed by atoms with Crippen molar-refractivity contribution >= 4 is 43.2 Å². The maximum Gasteiger partial charge on any atom is 0.240 e. The van der Waals surface area contributed by atoms with Crippen LogP contribution >= 0.6 is 23.2 Å². The Bertz CT molecular complexity index is 939. The number of sulfonamides is 2. The van der Waals surface area contributed by atoms with Crippen LogP contribution in [0.3, 0.4) is 0 Å². The molecule has 0 unspecified atom stereocenters. The fourth-order valence-corrected chi connectivity index (χ4v) is 6.05. The van der Waals surface area contributed by atoms with Gasteiger partial charge in [-0.1, -0.05) is 36.0 Å². The first-order chi connectivity index (χ1) is 13.2. The fourth-order valence-electron chi connectivity index (χ4n) is 3.18. The molecule has 1 aliphatic rings. The van der Waals surface area contributed by atoms with Crippen LogP contribution in [-0.2, 0) is 20.0 Å². The Kier molecular flexibility index (Phi) is 6.69. The Morgan fingerprint density at radius 3 is 1.29 bits per heavy atom. The summed E-state index contributed by atoms with van der Waals surface area (Å²) in [5.74, 6) is 0. The minimum Gasteiger partial charge on any atom is -0.207 e. The van der Waals surface area contributed by atoms with Gasteiger partial charge in [0.25, 0.3) is 0 Å². The second-order valence-corrected chi connectivity index (χ2v) is 10.9. The molecule has 2 aromatic rings. The zero-order valence-electron chi connectivity index (χ0n) is 14.8. The highest BCUT2D eigenvalue weighted by Gasteiger charge is 2.32. The molecule has 0 heterocycles. The molecule has 1 aliphatic carbocycles. The minimum absolute atomic E-state index is 0.0850. The number of hydrogen-bond acceptors (Lipinski definition) is 4. The number of halogens is 2. The van der Waals surface area contributed by atoms with Crippen LogP contribution in [0.4, 0.5) is 0 Å². The van der Waals surface area contributed by atoms with Gasteiger partial charge in [0.05, 0.1) is 9.79 Å². The van der Waals surface area contributed by atoms with Crippen LogP contribution in [0, 0.1) is 0 Å². The van der Waals surface area contributed by atoms with Crippen LogP contribution in [0.5, 0.6) is 0 Å². The van der Waals surface area contributed by atoms with Gasteiger partial charge >= 0.3 is 0 Å². The van der Waals surface area contributed by atoms with Crippen molar-refractivity contribution in [2.45, 2.75) is 47.6 Å². The Labute approximate surface area is 175 Å². The molecule has 10 heteroatoms. The van der Waals surface area contributed by atoms with E-state index in [4.69, 9.17) is 23.2 Å². The van der Waals surface area contributed by atoms with Crippen LogP contribution in [-0.4, -0.2) is 28.9 Å². The van der Waals surface area contributed by atoms with Gasteiger partial charge in [-0.3, -0.25) is 0 Å². The maximum absolute atomic E-state index is 12.7. The lowest BCUT2D eigenvalue weighted by molar-refractivity contribution is 0.340. The van der Waals surface area contributed by atoms with Gasteiger partial charge in [-0.25, -0.2) is 26.3 Å². The number of nitrogens with one attached hydrogen (secondary N) is 2. The largest absolute Gasteiger partial charge is 0.240 e. The summed E-state index contributed by atoms with van der Waals surface area (Å²) in [6, 6.07) is 10.6. The third kappa shape index (κ3) is 5.25. The molecule has 0 saturated heterocycles. The summed E-state index contributed by atoms with van der Waals surface area (Å²) in [5, 5.41) is 0.871. The predicted molar refractivity (Wildman–Crippen MR) is 110 cm³/mol. The highest BCUT2D eigenvalue weighted by molar-refractivity contribution is 7.90. The molecule has 0 aromatic heterocycles. The summed E-state index contributed by atoms with van der Waals surface area (Å²) < 4.78 is 56.0. The third-order valence-electron chi connectivity index (χ3n) is 4.63. The van der Waals surface area contributed by atoms with E-state index in [-0.39, 0.29) is 9.79 Å². The lowest BCUT2D eigenvalue weighted by Crippen LogP contribution is -2.52. The Morgan fingerprint density at radius 1 is 0.643 bits per heavy atom. The van der Waals surface area contributed by atoms with E-state index in [1.807, 2.05) is 0 Å². The molecule has 0 bridgehead atoms. The molecule has 1 saturated carbocycles. The third-order valence-corrected chi connectivity index (χ3v) is 8.14. The second-order valence-electron chi connectivity index (χ2n) is 6.65. The average Bonchev–Trinajstić information content (AvgIpc) is 2.64. The first kappa shape index (κ1) is 21.5. The maximum atomic E-state index is 12.7. The first-order valence-corrected chi connectivity index (χ1v) is 12.5. The van der Waals surface area contributed by atoms with Crippen molar-refractivity contribution in [1.29, 1.82) is 0 Å². The van der Waals surface area contributed by atoms with E-state index in [1.54, 1.807) is 0 Å². The lowest BCUT2D eigenvalue weighted by Gasteiger charge is -2.32. The molecular formula is C18H20Cl2N2O4S2. The van der Waals surface area contributed by atoms with E-state index in [2.05, 4.69) is 9.44 Å². The zero-order chi connectivity index (χ0) is 20.4.